The molecule has 0 aliphatic rings. The smallest absolute Gasteiger partial charge is 0.338 e. The van der Waals surface area contributed by atoms with Crippen molar-refractivity contribution in [2.75, 3.05) is 19.0 Å². The molecule has 0 aliphatic carbocycles. The number of rotatable bonds is 3. The van der Waals surface area contributed by atoms with Gasteiger partial charge in [0.05, 0.1) is 12.2 Å². The molecule has 4 heteroatoms. The number of carbonyl (C=O) groups excluding carboxylic acids is 1. The average molecular weight is 216 g/mol. The highest BCUT2D eigenvalue weighted by molar-refractivity contribution is 5.90. The number of ether oxygens (including phenoxy) is 1. The molecule has 0 amide bonds. The van der Waals surface area contributed by atoms with Crippen LogP contribution in [0.3, 0.4) is 0 Å². The standard InChI is InChI=1S/C10H13NO2.ClH/c1-3-13-10(12)8-5-4-6-9(7-8)11-2;/h4-7,11H,3H2,1-2H3;1H. The summed E-state index contributed by atoms with van der Waals surface area (Å²) in [5.41, 5.74) is 1.49. The highest BCUT2D eigenvalue weighted by atomic mass is 35.5. The summed E-state index contributed by atoms with van der Waals surface area (Å²) in [5, 5.41) is 2.96. The van der Waals surface area contributed by atoms with Gasteiger partial charge >= 0.3 is 5.97 Å². The summed E-state index contributed by atoms with van der Waals surface area (Å²) in [4.78, 5) is 11.3. The fraction of sp³-hybridized carbons (Fsp3) is 0.300. The first-order valence-electron chi connectivity index (χ1n) is 4.23. The van der Waals surface area contributed by atoms with Crippen molar-refractivity contribution >= 4 is 24.1 Å². The zero-order valence-electron chi connectivity index (χ0n) is 8.24. The highest BCUT2D eigenvalue weighted by Gasteiger charge is 2.05. The molecule has 1 aromatic carbocycles. The Morgan fingerprint density at radius 1 is 1.50 bits per heavy atom. The van der Waals surface area contributed by atoms with Crippen LogP contribution >= 0.6 is 12.4 Å². The Morgan fingerprint density at radius 3 is 2.79 bits per heavy atom. The molecule has 0 saturated carbocycles. The van der Waals surface area contributed by atoms with E-state index in [1.165, 1.54) is 0 Å². The molecule has 14 heavy (non-hydrogen) atoms. The molecule has 78 valence electrons. The van der Waals surface area contributed by atoms with Crippen LogP contribution in [0.2, 0.25) is 0 Å². The van der Waals surface area contributed by atoms with Crippen LogP contribution in [0.4, 0.5) is 5.69 Å². The van der Waals surface area contributed by atoms with Crippen molar-refractivity contribution in [3.05, 3.63) is 29.8 Å². The Hall–Kier alpha value is -1.22. The maximum absolute atomic E-state index is 11.3. The lowest BCUT2D eigenvalue weighted by atomic mass is 10.2. The number of hydrogen-bond acceptors (Lipinski definition) is 3. The maximum atomic E-state index is 11.3. The van der Waals surface area contributed by atoms with Gasteiger partial charge in [0.15, 0.2) is 0 Å². The molecule has 0 bridgehead atoms. The van der Waals surface area contributed by atoms with Crippen LogP contribution in [0.25, 0.3) is 0 Å². The minimum Gasteiger partial charge on any atom is -0.462 e. The zero-order chi connectivity index (χ0) is 9.68. The summed E-state index contributed by atoms with van der Waals surface area (Å²) in [5.74, 6) is -0.278. The zero-order valence-corrected chi connectivity index (χ0v) is 9.06. The minimum absolute atomic E-state index is 0. The lowest BCUT2D eigenvalue weighted by molar-refractivity contribution is 0.0526. The van der Waals surface area contributed by atoms with E-state index in [-0.39, 0.29) is 18.4 Å². The van der Waals surface area contributed by atoms with Crippen molar-refractivity contribution in [2.45, 2.75) is 6.92 Å². The molecule has 0 unspecified atom stereocenters. The summed E-state index contributed by atoms with van der Waals surface area (Å²) < 4.78 is 4.86. The van der Waals surface area contributed by atoms with Gasteiger partial charge in [-0.1, -0.05) is 6.07 Å². The van der Waals surface area contributed by atoms with E-state index in [0.29, 0.717) is 12.2 Å². The topological polar surface area (TPSA) is 38.3 Å². The number of halogens is 1. The molecule has 0 saturated heterocycles. The van der Waals surface area contributed by atoms with Gasteiger partial charge < -0.3 is 10.1 Å². The van der Waals surface area contributed by atoms with Crippen LogP contribution in [0, 0.1) is 0 Å². The SMILES string of the molecule is CCOC(=O)c1cccc(NC)c1.Cl. The maximum Gasteiger partial charge on any atom is 0.338 e. The first-order valence-corrected chi connectivity index (χ1v) is 4.23. The average Bonchev–Trinajstić information content (AvgIpc) is 2.18. The van der Waals surface area contributed by atoms with Gasteiger partial charge in [0, 0.05) is 12.7 Å². The van der Waals surface area contributed by atoms with E-state index < -0.39 is 0 Å². The fourth-order valence-corrected chi connectivity index (χ4v) is 1.02. The normalized spacial score (nSPS) is 8.71. The van der Waals surface area contributed by atoms with Crippen molar-refractivity contribution in [2.24, 2.45) is 0 Å². The van der Waals surface area contributed by atoms with E-state index in [2.05, 4.69) is 5.32 Å². The molecular weight excluding hydrogens is 202 g/mol. The molecule has 1 N–H and O–H groups in total. The number of nitrogens with one attached hydrogen (secondary N) is 1. The molecule has 1 rings (SSSR count). The van der Waals surface area contributed by atoms with E-state index in [4.69, 9.17) is 4.74 Å². The summed E-state index contributed by atoms with van der Waals surface area (Å²) in [6, 6.07) is 7.21. The number of anilines is 1. The summed E-state index contributed by atoms with van der Waals surface area (Å²) >= 11 is 0. The summed E-state index contributed by atoms with van der Waals surface area (Å²) in [7, 11) is 1.81. The fourth-order valence-electron chi connectivity index (χ4n) is 1.02. The first kappa shape index (κ1) is 12.8. The Balaban J connectivity index is 0.00000169. The third kappa shape index (κ3) is 3.26. The quantitative estimate of drug-likeness (QED) is 0.787. The number of carbonyl (C=O) groups is 1. The Kier molecular flexibility index (Phi) is 5.72. The second-order valence-corrected chi connectivity index (χ2v) is 2.55. The largest absolute Gasteiger partial charge is 0.462 e. The molecular formula is C10H14ClNO2. The van der Waals surface area contributed by atoms with Crippen LogP contribution in [0.15, 0.2) is 24.3 Å². The van der Waals surface area contributed by atoms with Crippen molar-refractivity contribution in [1.29, 1.82) is 0 Å². The molecule has 0 radical (unpaired) electrons. The van der Waals surface area contributed by atoms with Crippen molar-refractivity contribution in [1.82, 2.24) is 0 Å². The number of hydrogen-bond donors (Lipinski definition) is 1. The first-order chi connectivity index (χ1) is 6.27. The van der Waals surface area contributed by atoms with Gasteiger partial charge in [-0.05, 0) is 25.1 Å². The van der Waals surface area contributed by atoms with Crippen LogP contribution in [-0.2, 0) is 4.74 Å². The lowest BCUT2D eigenvalue weighted by Crippen LogP contribution is -2.04. The molecule has 0 fully saturated rings. The van der Waals surface area contributed by atoms with Crippen LogP contribution < -0.4 is 5.32 Å². The number of benzene rings is 1. The molecule has 0 heterocycles. The van der Waals surface area contributed by atoms with Crippen molar-refractivity contribution in [3.8, 4) is 0 Å². The third-order valence-electron chi connectivity index (χ3n) is 1.66. The monoisotopic (exact) mass is 215 g/mol. The minimum atomic E-state index is -0.278. The Bertz CT molecular complexity index is 302. The van der Waals surface area contributed by atoms with E-state index in [9.17, 15) is 4.79 Å². The molecule has 0 atom stereocenters. The molecule has 0 spiro atoms. The van der Waals surface area contributed by atoms with E-state index >= 15 is 0 Å². The predicted octanol–water partition coefficient (Wildman–Crippen LogP) is 2.33. The summed E-state index contributed by atoms with van der Waals surface area (Å²) in [6.07, 6.45) is 0. The Labute approximate surface area is 89.9 Å². The second-order valence-electron chi connectivity index (χ2n) is 2.55. The number of esters is 1. The van der Waals surface area contributed by atoms with Gasteiger partial charge in [0.2, 0.25) is 0 Å². The van der Waals surface area contributed by atoms with E-state index in [1.807, 2.05) is 19.2 Å². The lowest BCUT2D eigenvalue weighted by Gasteiger charge is -2.03. The second kappa shape index (κ2) is 6.27. The predicted molar refractivity (Wildman–Crippen MR) is 59.2 cm³/mol. The highest BCUT2D eigenvalue weighted by Crippen LogP contribution is 2.10. The van der Waals surface area contributed by atoms with E-state index in [1.54, 1.807) is 19.1 Å². The van der Waals surface area contributed by atoms with Gasteiger partial charge in [-0.2, -0.15) is 0 Å². The van der Waals surface area contributed by atoms with Gasteiger partial charge in [0.25, 0.3) is 0 Å². The molecule has 0 aliphatic heterocycles. The van der Waals surface area contributed by atoms with Crippen molar-refractivity contribution < 1.29 is 9.53 Å². The van der Waals surface area contributed by atoms with Crippen LogP contribution in [0.5, 0.6) is 0 Å². The van der Waals surface area contributed by atoms with Gasteiger partial charge in [-0.3, -0.25) is 0 Å². The molecule has 3 nitrogen and oxygen atoms in total. The van der Waals surface area contributed by atoms with Crippen molar-refractivity contribution in [3.63, 3.8) is 0 Å². The van der Waals surface area contributed by atoms with Crippen LogP contribution in [0.1, 0.15) is 17.3 Å². The van der Waals surface area contributed by atoms with Gasteiger partial charge in [0.1, 0.15) is 0 Å². The van der Waals surface area contributed by atoms with Gasteiger partial charge in [-0.15, -0.1) is 12.4 Å². The summed E-state index contributed by atoms with van der Waals surface area (Å²) in [6.45, 7) is 2.20. The molecule has 1 aromatic rings. The molecule has 0 aromatic heterocycles. The van der Waals surface area contributed by atoms with Crippen LogP contribution in [-0.4, -0.2) is 19.6 Å². The third-order valence-corrected chi connectivity index (χ3v) is 1.66. The van der Waals surface area contributed by atoms with Gasteiger partial charge in [-0.25, -0.2) is 4.79 Å². The Morgan fingerprint density at radius 2 is 2.21 bits per heavy atom. The van der Waals surface area contributed by atoms with E-state index in [0.717, 1.165) is 5.69 Å².